The zero-order valence-corrected chi connectivity index (χ0v) is 12.5. The third-order valence-corrected chi connectivity index (χ3v) is 3.73. The lowest BCUT2D eigenvalue weighted by atomic mass is 10.2. The second-order valence-electron chi connectivity index (χ2n) is 4.25. The number of hydrogen-bond donors (Lipinski definition) is 2. The van der Waals surface area contributed by atoms with Crippen molar-refractivity contribution in [1.29, 1.82) is 0 Å². The molecule has 20 heavy (non-hydrogen) atoms. The van der Waals surface area contributed by atoms with Crippen LogP contribution in [0.3, 0.4) is 0 Å². The summed E-state index contributed by atoms with van der Waals surface area (Å²) in [6, 6.07) is 5.76. The first-order valence-corrected chi connectivity index (χ1v) is 6.79. The summed E-state index contributed by atoms with van der Waals surface area (Å²) in [7, 11) is 1.76. The molecule has 6 nitrogen and oxygen atoms in total. The van der Waals surface area contributed by atoms with E-state index >= 15 is 0 Å². The average molecular weight is 334 g/mol. The third-order valence-electron chi connectivity index (χ3n) is 2.84. The molecule has 2 N–H and O–H groups in total. The SMILES string of the molecule is CNc1nc(Oc2ccc(Br)c(C)c2)c2cn[nH]c2n1. The minimum Gasteiger partial charge on any atom is -0.438 e. The van der Waals surface area contributed by atoms with Crippen LogP contribution in [0.1, 0.15) is 5.56 Å². The molecule has 0 aliphatic carbocycles. The van der Waals surface area contributed by atoms with Crippen LogP contribution in [0.5, 0.6) is 11.6 Å². The molecular weight excluding hydrogens is 322 g/mol. The lowest BCUT2D eigenvalue weighted by molar-refractivity contribution is 0.468. The maximum Gasteiger partial charge on any atom is 0.235 e. The van der Waals surface area contributed by atoms with Gasteiger partial charge in [0.2, 0.25) is 11.8 Å². The molecule has 0 saturated carbocycles. The average Bonchev–Trinajstić information content (AvgIpc) is 2.91. The van der Waals surface area contributed by atoms with Crippen LogP contribution < -0.4 is 10.1 Å². The van der Waals surface area contributed by atoms with Crippen molar-refractivity contribution in [3.63, 3.8) is 0 Å². The Kier molecular flexibility index (Phi) is 3.27. The highest BCUT2D eigenvalue weighted by Gasteiger charge is 2.11. The fourth-order valence-corrected chi connectivity index (χ4v) is 2.04. The van der Waals surface area contributed by atoms with Gasteiger partial charge in [-0.2, -0.15) is 15.1 Å². The molecule has 0 bridgehead atoms. The number of halogens is 1. The normalized spacial score (nSPS) is 10.8. The van der Waals surface area contributed by atoms with Crippen LogP contribution in [0.15, 0.2) is 28.9 Å². The molecule has 0 fully saturated rings. The zero-order chi connectivity index (χ0) is 14.1. The summed E-state index contributed by atoms with van der Waals surface area (Å²) in [6.07, 6.45) is 1.65. The van der Waals surface area contributed by atoms with Crippen LogP contribution >= 0.6 is 15.9 Å². The highest BCUT2D eigenvalue weighted by atomic mass is 79.9. The summed E-state index contributed by atoms with van der Waals surface area (Å²) in [4.78, 5) is 8.58. The minimum atomic E-state index is 0.467. The van der Waals surface area contributed by atoms with E-state index in [1.165, 1.54) is 0 Å². The van der Waals surface area contributed by atoms with Crippen molar-refractivity contribution in [2.75, 3.05) is 12.4 Å². The summed E-state index contributed by atoms with van der Waals surface area (Å²) in [5, 5.41) is 10.4. The number of anilines is 1. The van der Waals surface area contributed by atoms with Gasteiger partial charge < -0.3 is 10.1 Å². The van der Waals surface area contributed by atoms with Crippen molar-refractivity contribution in [3.8, 4) is 11.6 Å². The van der Waals surface area contributed by atoms with Gasteiger partial charge in [0.05, 0.1) is 6.20 Å². The van der Waals surface area contributed by atoms with Gasteiger partial charge >= 0.3 is 0 Å². The summed E-state index contributed by atoms with van der Waals surface area (Å²) < 4.78 is 6.90. The van der Waals surface area contributed by atoms with E-state index in [0.717, 1.165) is 15.4 Å². The standard InChI is InChI=1S/C13H12BrN5O/c1-7-5-8(3-4-10(7)14)20-12-9-6-16-19-11(9)17-13(15-2)18-12/h3-6H,1-2H3,(H2,15,16,17,18,19). The van der Waals surface area contributed by atoms with Gasteiger partial charge in [0, 0.05) is 11.5 Å². The molecule has 2 aromatic heterocycles. The third kappa shape index (κ3) is 2.32. The Labute approximate surface area is 123 Å². The Morgan fingerprint density at radius 3 is 2.90 bits per heavy atom. The number of aryl methyl sites for hydroxylation is 1. The van der Waals surface area contributed by atoms with Gasteiger partial charge in [0.1, 0.15) is 11.1 Å². The highest BCUT2D eigenvalue weighted by Crippen LogP contribution is 2.29. The second-order valence-corrected chi connectivity index (χ2v) is 5.10. The monoisotopic (exact) mass is 333 g/mol. The lowest BCUT2D eigenvalue weighted by Crippen LogP contribution is -1.99. The summed E-state index contributed by atoms with van der Waals surface area (Å²) >= 11 is 3.46. The largest absolute Gasteiger partial charge is 0.438 e. The molecule has 0 spiro atoms. The number of rotatable bonds is 3. The molecule has 0 radical (unpaired) electrons. The smallest absolute Gasteiger partial charge is 0.235 e. The van der Waals surface area contributed by atoms with E-state index in [0.29, 0.717) is 23.2 Å². The minimum absolute atomic E-state index is 0.467. The highest BCUT2D eigenvalue weighted by molar-refractivity contribution is 9.10. The van der Waals surface area contributed by atoms with Crippen molar-refractivity contribution >= 4 is 32.9 Å². The van der Waals surface area contributed by atoms with E-state index in [-0.39, 0.29) is 0 Å². The predicted molar refractivity (Wildman–Crippen MR) is 80.2 cm³/mol. The Morgan fingerprint density at radius 1 is 1.30 bits per heavy atom. The Morgan fingerprint density at radius 2 is 2.15 bits per heavy atom. The first-order valence-electron chi connectivity index (χ1n) is 6.00. The first kappa shape index (κ1) is 12.9. The quantitative estimate of drug-likeness (QED) is 0.769. The van der Waals surface area contributed by atoms with Crippen molar-refractivity contribution in [2.24, 2.45) is 0 Å². The molecular formula is C13H12BrN5O. The molecule has 0 saturated heterocycles. The molecule has 2 heterocycles. The predicted octanol–water partition coefficient (Wildman–Crippen LogP) is 3.26. The zero-order valence-electron chi connectivity index (χ0n) is 10.9. The number of fused-ring (bicyclic) bond motifs is 1. The second kappa shape index (κ2) is 5.09. The molecule has 3 aromatic rings. The number of nitrogens with zero attached hydrogens (tertiary/aromatic N) is 3. The van der Waals surface area contributed by atoms with E-state index in [4.69, 9.17) is 4.74 Å². The number of aromatic amines is 1. The Hall–Kier alpha value is -2.15. The number of hydrogen-bond acceptors (Lipinski definition) is 5. The molecule has 0 amide bonds. The van der Waals surface area contributed by atoms with Crippen molar-refractivity contribution in [2.45, 2.75) is 6.92 Å². The first-order chi connectivity index (χ1) is 9.67. The van der Waals surface area contributed by atoms with Crippen molar-refractivity contribution in [1.82, 2.24) is 20.2 Å². The van der Waals surface area contributed by atoms with Crippen LogP contribution in [0, 0.1) is 6.92 Å². The maximum absolute atomic E-state index is 5.86. The fraction of sp³-hybridized carbons (Fsp3) is 0.154. The van der Waals surface area contributed by atoms with Crippen molar-refractivity contribution in [3.05, 3.63) is 34.4 Å². The van der Waals surface area contributed by atoms with E-state index in [2.05, 4.69) is 41.4 Å². The van der Waals surface area contributed by atoms with Crippen molar-refractivity contribution < 1.29 is 4.74 Å². The number of benzene rings is 1. The van der Waals surface area contributed by atoms with Gasteiger partial charge in [-0.1, -0.05) is 15.9 Å². The van der Waals surface area contributed by atoms with E-state index < -0.39 is 0 Å². The van der Waals surface area contributed by atoms with E-state index in [9.17, 15) is 0 Å². The van der Waals surface area contributed by atoms with Crippen LogP contribution in [0.2, 0.25) is 0 Å². The number of H-pyrrole nitrogens is 1. The van der Waals surface area contributed by atoms with Crippen LogP contribution in [-0.4, -0.2) is 27.2 Å². The Balaban J connectivity index is 2.04. The van der Waals surface area contributed by atoms with Gasteiger partial charge in [0.25, 0.3) is 0 Å². The van der Waals surface area contributed by atoms with E-state index in [1.807, 2.05) is 25.1 Å². The van der Waals surface area contributed by atoms with Gasteiger partial charge in [-0.15, -0.1) is 0 Å². The summed E-state index contributed by atoms with van der Waals surface area (Å²) in [6.45, 7) is 2.00. The molecule has 0 aliphatic heterocycles. The summed E-state index contributed by atoms with van der Waals surface area (Å²) in [5.74, 6) is 1.66. The van der Waals surface area contributed by atoms with Gasteiger partial charge in [-0.25, -0.2) is 0 Å². The molecule has 102 valence electrons. The lowest BCUT2D eigenvalue weighted by Gasteiger charge is -2.08. The maximum atomic E-state index is 5.86. The number of ether oxygens (including phenoxy) is 1. The van der Waals surface area contributed by atoms with Gasteiger partial charge in [-0.05, 0) is 30.7 Å². The van der Waals surface area contributed by atoms with Crippen LogP contribution in [-0.2, 0) is 0 Å². The van der Waals surface area contributed by atoms with Crippen LogP contribution in [0.25, 0.3) is 11.0 Å². The molecule has 0 aliphatic rings. The molecule has 7 heteroatoms. The molecule has 0 atom stereocenters. The summed E-state index contributed by atoms with van der Waals surface area (Å²) in [5.41, 5.74) is 1.72. The number of nitrogens with one attached hydrogen (secondary N) is 2. The van der Waals surface area contributed by atoms with Gasteiger partial charge in [0.15, 0.2) is 5.65 Å². The number of aromatic nitrogens is 4. The Bertz CT molecular complexity index is 771. The van der Waals surface area contributed by atoms with E-state index in [1.54, 1.807) is 13.2 Å². The van der Waals surface area contributed by atoms with Gasteiger partial charge in [-0.3, -0.25) is 5.10 Å². The molecule has 1 aromatic carbocycles. The fourth-order valence-electron chi connectivity index (χ4n) is 1.79. The molecule has 0 unspecified atom stereocenters. The molecule has 3 rings (SSSR count). The van der Waals surface area contributed by atoms with Crippen LogP contribution in [0.4, 0.5) is 5.95 Å². The topological polar surface area (TPSA) is 75.7 Å².